The zero-order chi connectivity index (χ0) is 18.5. The maximum Gasteiger partial charge on any atom is 0.411 e. The molecule has 1 N–H and O–H groups in total. The molecule has 1 fully saturated rings. The number of rotatable bonds is 5. The molecule has 1 aliphatic heterocycles. The van der Waals surface area contributed by atoms with Crippen LogP contribution in [0.1, 0.15) is 32.5 Å². The summed E-state index contributed by atoms with van der Waals surface area (Å²) in [6, 6.07) is 7.88. The van der Waals surface area contributed by atoms with E-state index in [1.165, 1.54) is 0 Å². The van der Waals surface area contributed by atoms with Crippen LogP contribution in [0.3, 0.4) is 0 Å². The van der Waals surface area contributed by atoms with Gasteiger partial charge in [0.15, 0.2) is 5.82 Å². The monoisotopic (exact) mass is 358 g/mol. The van der Waals surface area contributed by atoms with E-state index >= 15 is 0 Å². The van der Waals surface area contributed by atoms with Crippen molar-refractivity contribution in [2.24, 2.45) is 5.92 Å². The first-order valence-corrected chi connectivity index (χ1v) is 9.10. The lowest BCUT2D eigenvalue weighted by atomic mass is 9.97. The van der Waals surface area contributed by atoms with Crippen LogP contribution >= 0.6 is 0 Å². The number of carbonyl (C=O) groups is 1. The van der Waals surface area contributed by atoms with Gasteiger partial charge in [-0.2, -0.15) is 4.98 Å². The van der Waals surface area contributed by atoms with Gasteiger partial charge in [0.25, 0.3) is 5.89 Å². The molecule has 7 nitrogen and oxygen atoms in total. The molecule has 1 amide bonds. The molecule has 2 heterocycles. The molecule has 2 aromatic rings. The number of aryl methyl sites for hydroxylation is 1. The molecule has 0 radical (unpaired) electrons. The molecule has 0 unspecified atom stereocenters. The molecule has 1 aromatic heterocycles. The number of hydrogen-bond acceptors (Lipinski definition) is 6. The molecule has 140 valence electrons. The summed E-state index contributed by atoms with van der Waals surface area (Å²) in [5.41, 5.74) is 1.27. The summed E-state index contributed by atoms with van der Waals surface area (Å²) in [6.45, 7) is 8.75. The Morgan fingerprint density at radius 2 is 2.08 bits per heavy atom. The SMILES string of the molecule is Cc1noc(-c2ccccc2NC(=O)OCC2CCN(C(C)C)CC2)n1. The molecule has 3 rings (SSSR count). The lowest BCUT2D eigenvalue weighted by molar-refractivity contribution is 0.0934. The van der Waals surface area contributed by atoms with E-state index in [4.69, 9.17) is 9.26 Å². The third-order valence-electron chi connectivity index (χ3n) is 4.75. The molecule has 0 spiro atoms. The van der Waals surface area contributed by atoms with Gasteiger partial charge in [0.05, 0.1) is 17.9 Å². The number of nitrogens with zero attached hydrogens (tertiary/aromatic N) is 3. The molecule has 26 heavy (non-hydrogen) atoms. The van der Waals surface area contributed by atoms with Crippen molar-refractivity contribution in [2.45, 2.75) is 39.7 Å². The van der Waals surface area contributed by atoms with Crippen LogP contribution < -0.4 is 5.32 Å². The Kier molecular flexibility index (Phi) is 5.88. The number of carbonyl (C=O) groups excluding carboxylic acids is 1. The van der Waals surface area contributed by atoms with E-state index < -0.39 is 6.09 Å². The minimum Gasteiger partial charge on any atom is -0.449 e. The quantitative estimate of drug-likeness (QED) is 0.877. The number of likely N-dealkylation sites (tertiary alicyclic amines) is 1. The number of hydrogen-bond donors (Lipinski definition) is 1. The highest BCUT2D eigenvalue weighted by Crippen LogP contribution is 2.26. The first-order valence-electron chi connectivity index (χ1n) is 9.10. The standard InChI is InChI=1S/C19H26N4O3/c1-13(2)23-10-8-15(9-11-23)12-25-19(24)21-17-7-5-4-6-16(17)18-20-14(3)22-26-18/h4-7,13,15H,8-12H2,1-3H3,(H,21,24). The fourth-order valence-electron chi connectivity index (χ4n) is 3.16. The van der Waals surface area contributed by atoms with Gasteiger partial charge in [-0.3, -0.25) is 5.32 Å². The molecule has 1 aliphatic rings. The second kappa shape index (κ2) is 8.31. The Morgan fingerprint density at radius 3 is 2.73 bits per heavy atom. The highest BCUT2D eigenvalue weighted by atomic mass is 16.5. The Balaban J connectivity index is 1.53. The van der Waals surface area contributed by atoms with E-state index in [1.807, 2.05) is 18.2 Å². The number of ether oxygens (including phenoxy) is 1. The lowest BCUT2D eigenvalue weighted by Gasteiger charge is -2.34. The van der Waals surface area contributed by atoms with Crippen molar-refractivity contribution in [3.05, 3.63) is 30.1 Å². The van der Waals surface area contributed by atoms with Gasteiger partial charge in [0.1, 0.15) is 0 Å². The summed E-state index contributed by atoms with van der Waals surface area (Å²) in [6.07, 6.45) is 1.66. The summed E-state index contributed by atoms with van der Waals surface area (Å²) in [5.74, 6) is 1.34. The van der Waals surface area contributed by atoms with Gasteiger partial charge in [0.2, 0.25) is 0 Å². The van der Waals surface area contributed by atoms with Crippen LogP contribution in [0.4, 0.5) is 10.5 Å². The Bertz CT molecular complexity index is 736. The predicted octanol–water partition coefficient (Wildman–Crippen LogP) is 3.71. The molecule has 0 atom stereocenters. The van der Waals surface area contributed by atoms with Crippen molar-refractivity contribution in [2.75, 3.05) is 25.0 Å². The number of piperidine rings is 1. The predicted molar refractivity (Wildman–Crippen MR) is 98.9 cm³/mol. The van der Waals surface area contributed by atoms with Crippen LogP contribution in [0, 0.1) is 12.8 Å². The number of anilines is 1. The summed E-state index contributed by atoms with van der Waals surface area (Å²) in [7, 11) is 0. The second-order valence-corrected chi connectivity index (χ2v) is 6.99. The maximum atomic E-state index is 12.2. The van der Waals surface area contributed by atoms with E-state index in [2.05, 4.69) is 34.2 Å². The fraction of sp³-hybridized carbons (Fsp3) is 0.526. The molecule has 0 bridgehead atoms. The fourth-order valence-corrected chi connectivity index (χ4v) is 3.16. The second-order valence-electron chi connectivity index (χ2n) is 6.99. The Labute approximate surface area is 153 Å². The number of aromatic nitrogens is 2. The molecule has 0 aliphatic carbocycles. The van der Waals surface area contributed by atoms with Crippen LogP contribution in [0.25, 0.3) is 11.5 Å². The molecular weight excluding hydrogens is 332 g/mol. The van der Waals surface area contributed by atoms with Gasteiger partial charge < -0.3 is 14.2 Å². The number of benzene rings is 1. The zero-order valence-electron chi connectivity index (χ0n) is 15.6. The van der Waals surface area contributed by atoms with Crippen LogP contribution in [-0.2, 0) is 4.74 Å². The third kappa shape index (κ3) is 4.60. The highest BCUT2D eigenvalue weighted by molar-refractivity contribution is 5.90. The van der Waals surface area contributed by atoms with Crippen LogP contribution in [0.15, 0.2) is 28.8 Å². The van der Waals surface area contributed by atoms with E-state index in [0.29, 0.717) is 41.5 Å². The van der Waals surface area contributed by atoms with Gasteiger partial charge >= 0.3 is 6.09 Å². The van der Waals surface area contributed by atoms with E-state index in [9.17, 15) is 4.79 Å². The summed E-state index contributed by atoms with van der Waals surface area (Å²) in [4.78, 5) is 18.9. The van der Waals surface area contributed by atoms with Gasteiger partial charge in [-0.15, -0.1) is 0 Å². The molecule has 0 saturated carbocycles. The Hall–Kier alpha value is -2.41. The van der Waals surface area contributed by atoms with Crippen LogP contribution in [0.5, 0.6) is 0 Å². The Morgan fingerprint density at radius 1 is 1.35 bits per heavy atom. The summed E-state index contributed by atoms with van der Waals surface area (Å²) < 4.78 is 10.6. The van der Waals surface area contributed by atoms with Gasteiger partial charge in [-0.25, -0.2) is 4.79 Å². The summed E-state index contributed by atoms with van der Waals surface area (Å²) in [5, 5.41) is 6.58. The van der Waals surface area contributed by atoms with Gasteiger partial charge in [-0.1, -0.05) is 17.3 Å². The third-order valence-corrected chi connectivity index (χ3v) is 4.75. The van der Waals surface area contributed by atoms with Crippen LogP contribution in [0.2, 0.25) is 0 Å². The van der Waals surface area contributed by atoms with Gasteiger partial charge in [0, 0.05) is 6.04 Å². The van der Waals surface area contributed by atoms with Crippen molar-refractivity contribution < 1.29 is 14.1 Å². The maximum absolute atomic E-state index is 12.2. The number of amides is 1. The zero-order valence-corrected chi connectivity index (χ0v) is 15.6. The van der Waals surface area contributed by atoms with Crippen molar-refractivity contribution in [1.82, 2.24) is 15.0 Å². The van der Waals surface area contributed by atoms with Crippen LogP contribution in [-0.4, -0.2) is 46.9 Å². The smallest absolute Gasteiger partial charge is 0.411 e. The average Bonchev–Trinajstić information content (AvgIpc) is 3.07. The van der Waals surface area contributed by atoms with Crippen molar-refractivity contribution in [3.8, 4) is 11.5 Å². The summed E-state index contributed by atoms with van der Waals surface area (Å²) >= 11 is 0. The average molecular weight is 358 g/mol. The van der Waals surface area contributed by atoms with E-state index in [1.54, 1.807) is 13.0 Å². The minimum atomic E-state index is -0.458. The van der Waals surface area contributed by atoms with Crippen molar-refractivity contribution in [3.63, 3.8) is 0 Å². The van der Waals surface area contributed by atoms with Crippen molar-refractivity contribution in [1.29, 1.82) is 0 Å². The van der Waals surface area contributed by atoms with Gasteiger partial charge in [-0.05, 0) is 64.8 Å². The largest absolute Gasteiger partial charge is 0.449 e. The molecule has 1 aromatic carbocycles. The first-order chi connectivity index (χ1) is 12.5. The number of para-hydroxylation sites is 1. The number of nitrogens with one attached hydrogen (secondary N) is 1. The molecule has 1 saturated heterocycles. The first kappa shape index (κ1) is 18.4. The van der Waals surface area contributed by atoms with Crippen molar-refractivity contribution >= 4 is 11.8 Å². The van der Waals surface area contributed by atoms with E-state index in [0.717, 1.165) is 25.9 Å². The normalized spacial score (nSPS) is 16.0. The molecule has 7 heteroatoms. The topological polar surface area (TPSA) is 80.5 Å². The highest BCUT2D eigenvalue weighted by Gasteiger charge is 2.22. The van der Waals surface area contributed by atoms with E-state index in [-0.39, 0.29) is 0 Å². The lowest BCUT2D eigenvalue weighted by Crippen LogP contribution is -2.39. The minimum absolute atomic E-state index is 0.374. The molecular formula is C19H26N4O3.